The molecular weight excluding hydrogens is 716 g/mol. The van der Waals surface area contributed by atoms with E-state index in [0.717, 1.165) is 71.6 Å². The summed E-state index contributed by atoms with van der Waals surface area (Å²) in [6.07, 6.45) is 7.49. The largest absolute Gasteiger partial charge is 0.453 e. The lowest BCUT2D eigenvalue weighted by atomic mass is 10.0. The molecule has 0 radical (unpaired) electrons. The summed E-state index contributed by atoms with van der Waals surface area (Å²) in [5, 5.41) is 8.42. The van der Waals surface area contributed by atoms with Crippen LogP contribution < -0.4 is 16.0 Å². The molecule has 4 atom stereocenters. The maximum absolute atomic E-state index is 13.5. The summed E-state index contributed by atoms with van der Waals surface area (Å²) < 4.78 is 15.3. The number of aromatic nitrogens is 4. The fourth-order valence-corrected chi connectivity index (χ4v) is 7.24. The highest BCUT2D eigenvalue weighted by Crippen LogP contribution is 2.33. The topological polar surface area (TPSA) is 193 Å². The predicted molar refractivity (Wildman–Crippen MR) is 209 cm³/mol. The van der Waals surface area contributed by atoms with Crippen LogP contribution in [0.5, 0.6) is 0 Å². The second kappa shape index (κ2) is 18.8. The van der Waals surface area contributed by atoms with Crippen molar-refractivity contribution in [2.75, 3.05) is 34.0 Å². The minimum Gasteiger partial charge on any atom is -0.453 e. The fourth-order valence-electron chi connectivity index (χ4n) is 7.24. The lowest BCUT2D eigenvalue weighted by Crippen LogP contribution is -2.51. The van der Waals surface area contributed by atoms with Crippen LogP contribution in [-0.2, 0) is 23.8 Å². The van der Waals surface area contributed by atoms with E-state index < -0.39 is 30.3 Å². The van der Waals surface area contributed by atoms with Gasteiger partial charge in [-0.2, -0.15) is 0 Å². The summed E-state index contributed by atoms with van der Waals surface area (Å²) in [5.74, 6) is 0.780. The average molecular weight is 769 g/mol. The molecule has 4 aromatic rings. The molecule has 0 saturated carbocycles. The highest BCUT2D eigenvalue weighted by molar-refractivity contribution is 5.87. The Balaban J connectivity index is 1.11. The number of imidazole rings is 2. The minimum atomic E-state index is -0.708. The standard InChI is InChI=1S/C41H52N8O7/c1-25(2)35(48-41(53)55-4)39(51)49-20-8-10-34(49)37-43-24-33(45-37)29-17-13-27(14-18-29)26-11-15-28(16-12-26)32-23-42-36(44-32)30-19-22-56-21-7-5-6-9-31(38(50)46-30)47-40(52)54-3/h11-18,23-25,30-31,34-35H,5-10,19-22H2,1-4H3,(H,42,44)(H,43,45)(H,46,50)(H,47,52)(H,48,53)/t30-,31+,34-,35-/m0/s1. The molecule has 4 amide bonds. The Morgan fingerprint density at radius 3 is 2.00 bits per heavy atom. The number of methoxy groups -OCH3 is 2. The third kappa shape index (κ3) is 9.75. The van der Waals surface area contributed by atoms with E-state index in [1.165, 1.54) is 14.2 Å². The maximum Gasteiger partial charge on any atom is 0.407 e. The SMILES string of the molecule is COC(=O)N[C@H](C(=O)N1CCC[C@H]1c1ncc(-c2ccc(-c3ccc(-c4cnc([C@@H]5CCOCCCCC[C@@H](NC(=O)OC)C(=O)N5)[nH]4)cc3)cc2)[nH]1)C(C)C. The van der Waals surface area contributed by atoms with Gasteiger partial charge in [0, 0.05) is 19.8 Å². The third-order valence-electron chi connectivity index (χ3n) is 10.4. The molecule has 0 spiro atoms. The molecule has 4 heterocycles. The number of carbonyl (C=O) groups is 4. The van der Waals surface area contributed by atoms with E-state index in [4.69, 9.17) is 14.2 Å². The zero-order valence-electron chi connectivity index (χ0n) is 32.4. The number of nitrogens with zero attached hydrogens (tertiary/aromatic N) is 3. The number of carbonyl (C=O) groups excluding carboxylic acids is 4. The first-order chi connectivity index (χ1) is 27.1. The normalized spacial score (nSPS) is 20.0. The van der Waals surface area contributed by atoms with Crippen LogP contribution in [0, 0.1) is 5.92 Å². The van der Waals surface area contributed by atoms with Crippen LogP contribution in [-0.4, -0.2) is 94.9 Å². The molecule has 2 aromatic heterocycles. The molecule has 2 saturated heterocycles. The summed E-state index contributed by atoms with van der Waals surface area (Å²) in [7, 11) is 2.57. The van der Waals surface area contributed by atoms with Crippen LogP contribution in [0.3, 0.4) is 0 Å². The number of hydrogen-bond donors (Lipinski definition) is 5. The van der Waals surface area contributed by atoms with Crippen molar-refractivity contribution in [3.05, 3.63) is 72.6 Å². The van der Waals surface area contributed by atoms with Crippen LogP contribution in [0.25, 0.3) is 33.6 Å². The molecule has 2 aliphatic heterocycles. The van der Waals surface area contributed by atoms with Gasteiger partial charge >= 0.3 is 12.2 Å². The van der Waals surface area contributed by atoms with E-state index in [1.807, 2.05) is 38.1 Å². The van der Waals surface area contributed by atoms with E-state index in [9.17, 15) is 19.2 Å². The molecule has 2 fully saturated rings. The molecule has 0 aliphatic carbocycles. The van der Waals surface area contributed by atoms with Crippen LogP contribution in [0.1, 0.15) is 82.5 Å². The monoisotopic (exact) mass is 768 g/mol. The van der Waals surface area contributed by atoms with Crippen LogP contribution in [0.4, 0.5) is 9.59 Å². The van der Waals surface area contributed by atoms with Crippen molar-refractivity contribution in [2.24, 2.45) is 5.92 Å². The Morgan fingerprint density at radius 2 is 1.38 bits per heavy atom. The summed E-state index contributed by atoms with van der Waals surface area (Å²) in [6.45, 7) is 5.48. The van der Waals surface area contributed by atoms with Gasteiger partial charge in [0.2, 0.25) is 11.8 Å². The van der Waals surface area contributed by atoms with Gasteiger partial charge in [0.25, 0.3) is 0 Å². The molecule has 0 unspecified atom stereocenters. The molecule has 15 nitrogen and oxygen atoms in total. The van der Waals surface area contributed by atoms with Gasteiger partial charge in [-0.1, -0.05) is 75.2 Å². The zero-order chi connectivity index (χ0) is 39.6. The first-order valence-electron chi connectivity index (χ1n) is 19.3. The van der Waals surface area contributed by atoms with Crippen molar-refractivity contribution >= 4 is 24.0 Å². The van der Waals surface area contributed by atoms with Crippen LogP contribution in [0.15, 0.2) is 60.9 Å². The lowest BCUT2D eigenvalue weighted by Gasteiger charge is -2.30. The number of ether oxygens (including phenoxy) is 3. The average Bonchev–Trinajstić information content (AvgIpc) is 4.01. The number of amides is 4. The first kappa shape index (κ1) is 40.0. The van der Waals surface area contributed by atoms with E-state index in [2.05, 4.69) is 60.2 Å². The fraction of sp³-hybridized carbons (Fsp3) is 0.463. The number of hydrogen-bond acceptors (Lipinski definition) is 9. The van der Waals surface area contributed by atoms with Gasteiger partial charge < -0.3 is 45.0 Å². The van der Waals surface area contributed by atoms with Crippen molar-refractivity contribution in [1.82, 2.24) is 40.8 Å². The molecule has 0 bridgehead atoms. The van der Waals surface area contributed by atoms with E-state index in [0.29, 0.717) is 38.4 Å². The minimum absolute atomic E-state index is 0.108. The van der Waals surface area contributed by atoms with Gasteiger partial charge in [-0.3, -0.25) is 9.59 Å². The molecule has 15 heteroatoms. The highest BCUT2D eigenvalue weighted by Gasteiger charge is 2.37. The van der Waals surface area contributed by atoms with Gasteiger partial charge in [-0.05, 0) is 60.3 Å². The number of H-pyrrole nitrogens is 2. The smallest absolute Gasteiger partial charge is 0.407 e. The summed E-state index contributed by atoms with van der Waals surface area (Å²) in [4.78, 5) is 68.6. The summed E-state index contributed by atoms with van der Waals surface area (Å²) >= 11 is 0. The molecule has 298 valence electrons. The number of likely N-dealkylation sites (tertiary alicyclic amines) is 1. The Hall–Kier alpha value is -5.70. The van der Waals surface area contributed by atoms with Crippen molar-refractivity contribution < 1.29 is 33.4 Å². The Labute approximate surface area is 326 Å². The van der Waals surface area contributed by atoms with Gasteiger partial charge in [-0.15, -0.1) is 0 Å². The number of aromatic amines is 2. The Morgan fingerprint density at radius 1 is 0.768 bits per heavy atom. The maximum atomic E-state index is 13.5. The predicted octanol–water partition coefficient (Wildman–Crippen LogP) is 6.04. The molecule has 2 aromatic carbocycles. The third-order valence-corrected chi connectivity index (χ3v) is 10.4. The number of nitrogens with one attached hydrogen (secondary N) is 5. The van der Waals surface area contributed by atoms with Gasteiger partial charge in [-0.25, -0.2) is 19.6 Å². The van der Waals surface area contributed by atoms with Gasteiger partial charge in [0.05, 0.1) is 50.1 Å². The molecule has 56 heavy (non-hydrogen) atoms. The van der Waals surface area contributed by atoms with Crippen molar-refractivity contribution in [3.8, 4) is 33.6 Å². The van der Waals surface area contributed by atoms with Crippen molar-refractivity contribution in [1.29, 1.82) is 0 Å². The van der Waals surface area contributed by atoms with Gasteiger partial charge in [0.15, 0.2) is 0 Å². The molecule has 2 aliphatic rings. The van der Waals surface area contributed by atoms with Crippen LogP contribution in [0.2, 0.25) is 0 Å². The number of rotatable bonds is 9. The summed E-state index contributed by atoms with van der Waals surface area (Å²) in [5.41, 5.74) is 5.65. The first-order valence-corrected chi connectivity index (χ1v) is 19.3. The zero-order valence-corrected chi connectivity index (χ0v) is 32.4. The van der Waals surface area contributed by atoms with E-state index in [-0.39, 0.29) is 23.8 Å². The second-order valence-corrected chi connectivity index (χ2v) is 14.6. The molecule has 5 N–H and O–H groups in total. The number of benzene rings is 2. The van der Waals surface area contributed by atoms with Crippen LogP contribution >= 0.6 is 0 Å². The lowest BCUT2D eigenvalue weighted by molar-refractivity contribution is -0.135. The second-order valence-electron chi connectivity index (χ2n) is 14.6. The van der Waals surface area contributed by atoms with E-state index in [1.54, 1.807) is 17.3 Å². The van der Waals surface area contributed by atoms with Gasteiger partial charge in [0.1, 0.15) is 23.7 Å². The molecular formula is C41H52N8O7. The number of alkyl carbamates (subject to hydrolysis) is 2. The van der Waals surface area contributed by atoms with Crippen molar-refractivity contribution in [3.63, 3.8) is 0 Å². The Bertz CT molecular complexity index is 1940. The molecule has 6 rings (SSSR count). The summed E-state index contributed by atoms with van der Waals surface area (Å²) in [6, 6.07) is 14.3. The van der Waals surface area contributed by atoms with E-state index >= 15 is 0 Å². The highest BCUT2D eigenvalue weighted by atomic mass is 16.5. The quantitative estimate of drug-likeness (QED) is 0.135. The Kier molecular flexibility index (Phi) is 13.4. The van der Waals surface area contributed by atoms with Crippen molar-refractivity contribution in [2.45, 2.75) is 83.0 Å².